The normalized spacial score (nSPS) is 10.9. The quantitative estimate of drug-likeness (QED) is 0.786. The zero-order chi connectivity index (χ0) is 14.8. The maximum absolute atomic E-state index is 10.7. The Hall–Kier alpha value is -2.34. The Balaban J connectivity index is 1.98. The molecule has 108 valence electrons. The summed E-state index contributed by atoms with van der Waals surface area (Å²) in [5.41, 5.74) is 1.77. The molecule has 0 fully saturated rings. The number of rotatable bonds is 5. The number of carboxylic acids is 1. The van der Waals surface area contributed by atoms with Crippen molar-refractivity contribution in [2.24, 2.45) is 0 Å². The Kier molecular flexibility index (Phi) is 3.62. The molecule has 0 bridgehead atoms. The van der Waals surface area contributed by atoms with Gasteiger partial charge >= 0.3 is 5.97 Å². The van der Waals surface area contributed by atoms with Crippen LogP contribution in [0, 0.1) is 0 Å². The Bertz CT molecular complexity index is 760. The highest BCUT2D eigenvalue weighted by Gasteiger charge is 2.13. The molecule has 0 amide bonds. The summed E-state index contributed by atoms with van der Waals surface area (Å²) >= 11 is 1.39. The van der Waals surface area contributed by atoms with Gasteiger partial charge in [-0.3, -0.25) is 9.20 Å². The van der Waals surface area contributed by atoms with E-state index in [1.165, 1.54) is 11.3 Å². The van der Waals surface area contributed by atoms with E-state index in [9.17, 15) is 4.79 Å². The summed E-state index contributed by atoms with van der Waals surface area (Å²) in [7, 11) is 0. The molecular weight excluding hydrogens is 288 g/mol. The Labute approximate surface area is 125 Å². The van der Waals surface area contributed by atoms with E-state index in [1.807, 2.05) is 48.0 Å². The Morgan fingerprint density at radius 2 is 2.19 bits per heavy atom. The number of hydrogen-bond acceptors (Lipinski definition) is 4. The predicted octanol–water partition coefficient (Wildman–Crippen LogP) is 3.09. The van der Waals surface area contributed by atoms with Gasteiger partial charge in [-0.25, -0.2) is 4.98 Å². The number of benzene rings is 1. The number of aromatic nitrogens is 2. The molecule has 0 aliphatic heterocycles. The van der Waals surface area contributed by atoms with E-state index in [-0.39, 0.29) is 6.42 Å². The molecule has 0 aliphatic rings. The average molecular weight is 302 g/mol. The van der Waals surface area contributed by atoms with Crippen LogP contribution in [0.3, 0.4) is 0 Å². The van der Waals surface area contributed by atoms with Gasteiger partial charge in [-0.05, 0) is 19.1 Å². The van der Waals surface area contributed by atoms with Crippen molar-refractivity contribution < 1.29 is 14.6 Å². The lowest BCUT2D eigenvalue weighted by Crippen LogP contribution is -1.97. The summed E-state index contributed by atoms with van der Waals surface area (Å²) in [4.78, 5) is 16.9. The predicted molar refractivity (Wildman–Crippen MR) is 81.0 cm³/mol. The highest BCUT2D eigenvalue weighted by atomic mass is 32.1. The van der Waals surface area contributed by atoms with Gasteiger partial charge in [0.15, 0.2) is 4.96 Å². The first-order valence-electron chi connectivity index (χ1n) is 6.58. The van der Waals surface area contributed by atoms with Crippen LogP contribution in [0.2, 0.25) is 0 Å². The van der Waals surface area contributed by atoms with Gasteiger partial charge < -0.3 is 9.84 Å². The van der Waals surface area contributed by atoms with Gasteiger partial charge in [0, 0.05) is 22.8 Å². The lowest BCUT2D eigenvalue weighted by molar-refractivity contribution is -0.136. The van der Waals surface area contributed by atoms with Crippen LogP contribution in [0.4, 0.5) is 0 Å². The third kappa shape index (κ3) is 2.75. The SMILES string of the molecule is CCOc1ccccc1-c1cn2cc(CC(=O)O)sc2n1. The minimum atomic E-state index is -0.832. The highest BCUT2D eigenvalue weighted by molar-refractivity contribution is 7.17. The first-order valence-corrected chi connectivity index (χ1v) is 7.40. The largest absolute Gasteiger partial charge is 0.493 e. The smallest absolute Gasteiger partial charge is 0.308 e. The summed E-state index contributed by atoms with van der Waals surface area (Å²) in [6.07, 6.45) is 3.74. The van der Waals surface area contributed by atoms with Crippen molar-refractivity contribution in [1.29, 1.82) is 0 Å². The summed E-state index contributed by atoms with van der Waals surface area (Å²) in [5, 5.41) is 8.82. The topological polar surface area (TPSA) is 63.8 Å². The fraction of sp³-hybridized carbons (Fsp3) is 0.200. The fourth-order valence-corrected chi connectivity index (χ4v) is 3.11. The molecule has 1 aromatic carbocycles. The molecular formula is C15H14N2O3S. The van der Waals surface area contributed by atoms with Crippen LogP contribution in [0.25, 0.3) is 16.2 Å². The molecule has 3 rings (SSSR count). The Morgan fingerprint density at radius 3 is 2.90 bits per heavy atom. The van der Waals surface area contributed by atoms with Crippen LogP contribution in [-0.4, -0.2) is 27.1 Å². The number of ether oxygens (including phenoxy) is 1. The van der Waals surface area contributed by atoms with Gasteiger partial charge in [0.1, 0.15) is 5.75 Å². The first kappa shape index (κ1) is 13.6. The lowest BCUT2D eigenvalue weighted by Gasteiger charge is -2.07. The van der Waals surface area contributed by atoms with E-state index in [4.69, 9.17) is 9.84 Å². The third-order valence-corrected chi connectivity index (χ3v) is 3.99. The van der Waals surface area contributed by atoms with Crippen molar-refractivity contribution in [3.8, 4) is 17.0 Å². The molecule has 1 N–H and O–H groups in total. The molecule has 5 nitrogen and oxygen atoms in total. The summed E-state index contributed by atoms with van der Waals surface area (Å²) in [6, 6.07) is 7.76. The number of thiazole rings is 1. The van der Waals surface area contributed by atoms with E-state index in [1.54, 1.807) is 0 Å². The molecule has 0 aliphatic carbocycles. The summed E-state index contributed by atoms with van der Waals surface area (Å²) in [5.74, 6) is -0.0297. The molecule has 0 radical (unpaired) electrons. The molecule has 6 heteroatoms. The number of imidazole rings is 1. The second-order valence-corrected chi connectivity index (χ2v) is 5.61. The van der Waals surface area contributed by atoms with Crippen molar-refractivity contribution in [3.05, 3.63) is 41.5 Å². The maximum atomic E-state index is 10.7. The fourth-order valence-electron chi connectivity index (χ4n) is 2.16. The molecule has 0 atom stereocenters. The number of nitrogens with zero attached hydrogens (tertiary/aromatic N) is 2. The summed E-state index contributed by atoms with van der Waals surface area (Å²) in [6.45, 7) is 2.54. The van der Waals surface area contributed by atoms with Gasteiger partial charge in [-0.15, -0.1) is 11.3 Å². The van der Waals surface area contributed by atoms with Gasteiger partial charge in [-0.2, -0.15) is 0 Å². The van der Waals surface area contributed by atoms with E-state index >= 15 is 0 Å². The van der Waals surface area contributed by atoms with Gasteiger partial charge in [0.25, 0.3) is 0 Å². The van der Waals surface area contributed by atoms with Crippen LogP contribution >= 0.6 is 11.3 Å². The van der Waals surface area contributed by atoms with Crippen LogP contribution in [0.1, 0.15) is 11.8 Å². The first-order chi connectivity index (χ1) is 10.2. The number of carboxylic acid groups (broad SMARTS) is 1. The molecule has 21 heavy (non-hydrogen) atoms. The molecule has 2 aromatic heterocycles. The number of para-hydroxylation sites is 1. The molecule has 0 saturated carbocycles. The van der Waals surface area contributed by atoms with Gasteiger partial charge in [0.2, 0.25) is 0 Å². The summed E-state index contributed by atoms with van der Waals surface area (Å²) < 4.78 is 7.48. The highest BCUT2D eigenvalue weighted by Crippen LogP contribution is 2.31. The number of hydrogen-bond donors (Lipinski definition) is 1. The van der Waals surface area contributed by atoms with Crippen molar-refractivity contribution in [1.82, 2.24) is 9.38 Å². The average Bonchev–Trinajstić information content (AvgIpc) is 2.97. The van der Waals surface area contributed by atoms with Crippen molar-refractivity contribution in [2.75, 3.05) is 6.61 Å². The van der Waals surface area contributed by atoms with Gasteiger partial charge in [0.05, 0.1) is 18.7 Å². The zero-order valence-electron chi connectivity index (χ0n) is 11.4. The van der Waals surface area contributed by atoms with Crippen molar-refractivity contribution in [3.63, 3.8) is 0 Å². The minimum absolute atomic E-state index is 0.0267. The Morgan fingerprint density at radius 1 is 1.38 bits per heavy atom. The minimum Gasteiger partial charge on any atom is -0.493 e. The molecule has 3 aromatic rings. The molecule has 2 heterocycles. The maximum Gasteiger partial charge on any atom is 0.308 e. The van der Waals surface area contributed by atoms with Gasteiger partial charge in [-0.1, -0.05) is 12.1 Å². The van der Waals surface area contributed by atoms with Crippen LogP contribution in [-0.2, 0) is 11.2 Å². The number of aliphatic carboxylic acids is 1. The monoisotopic (exact) mass is 302 g/mol. The standard InChI is InChI=1S/C15H14N2O3S/c1-2-20-13-6-4-3-5-11(13)12-9-17-8-10(7-14(18)19)21-15(17)16-12/h3-6,8-9H,2,7H2,1H3,(H,18,19). The number of fused-ring (bicyclic) bond motifs is 1. The van der Waals surface area contributed by atoms with Crippen LogP contribution in [0.15, 0.2) is 36.7 Å². The number of carbonyl (C=O) groups is 1. The molecule has 0 unspecified atom stereocenters. The third-order valence-electron chi connectivity index (χ3n) is 2.99. The second kappa shape index (κ2) is 5.57. The van der Waals surface area contributed by atoms with Crippen LogP contribution < -0.4 is 4.74 Å². The van der Waals surface area contributed by atoms with E-state index in [0.29, 0.717) is 6.61 Å². The lowest BCUT2D eigenvalue weighted by atomic mass is 10.1. The van der Waals surface area contributed by atoms with Crippen molar-refractivity contribution in [2.45, 2.75) is 13.3 Å². The molecule has 0 spiro atoms. The van der Waals surface area contributed by atoms with E-state index in [2.05, 4.69) is 4.98 Å². The second-order valence-electron chi connectivity index (χ2n) is 4.51. The van der Waals surface area contributed by atoms with Crippen molar-refractivity contribution >= 4 is 22.3 Å². The zero-order valence-corrected chi connectivity index (χ0v) is 12.3. The van der Waals surface area contributed by atoms with E-state index < -0.39 is 5.97 Å². The molecule has 0 saturated heterocycles. The van der Waals surface area contributed by atoms with E-state index in [0.717, 1.165) is 26.8 Å². The van der Waals surface area contributed by atoms with Crippen LogP contribution in [0.5, 0.6) is 5.75 Å².